The summed E-state index contributed by atoms with van der Waals surface area (Å²) < 4.78 is 14.1. The molecule has 4 heteroatoms. The molecule has 1 aromatic carbocycles. The number of halogens is 1. The first-order valence-corrected chi connectivity index (χ1v) is 6.84. The molecule has 0 aromatic heterocycles. The van der Waals surface area contributed by atoms with E-state index in [1.54, 1.807) is 24.3 Å². The molecule has 108 valence electrons. The van der Waals surface area contributed by atoms with E-state index in [1.165, 1.54) is 18.2 Å². The summed E-state index contributed by atoms with van der Waals surface area (Å²) >= 11 is 0. The minimum Gasteiger partial charge on any atom is -0.481 e. The van der Waals surface area contributed by atoms with E-state index in [-0.39, 0.29) is 0 Å². The van der Waals surface area contributed by atoms with Crippen molar-refractivity contribution >= 4 is 11.5 Å². The summed E-state index contributed by atoms with van der Waals surface area (Å²) in [5.41, 5.74) is -0.231. The number of carboxylic acids is 1. The minimum atomic E-state index is -1.01. The van der Waals surface area contributed by atoms with Crippen molar-refractivity contribution in [3.8, 4) is 6.07 Å². The van der Waals surface area contributed by atoms with Gasteiger partial charge in [0.2, 0.25) is 0 Å². The second kappa shape index (κ2) is 5.92. The van der Waals surface area contributed by atoms with Crippen LogP contribution in [0, 0.1) is 28.5 Å². The van der Waals surface area contributed by atoms with Gasteiger partial charge >= 0.3 is 5.97 Å². The van der Waals surface area contributed by atoms with E-state index in [9.17, 15) is 19.6 Å². The molecule has 0 radical (unpaired) electrons. The molecular formula is C17H16FNO2. The van der Waals surface area contributed by atoms with Crippen LogP contribution in [0.1, 0.15) is 25.3 Å². The van der Waals surface area contributed by atoms with Crippen LogP contribution in [-0.2, 0) is 4.79 Å². The fraction of sp³-hybridized carbons (Fsp3) is 0.294. The summed E-state index contributed by atoms with van der Waals surface area (Å²) in [6, 6.07) is 8.39. The van der Waals surface area contributed by atoms with Crippen molar-refractivity contribution in [1.82, 2.24) is 0 Å². The Morgan fingerprint density at radius 3 is 2.76 bits per heavy atom. The average Bonchev–Trinajstić information content (AvgIpc) is 2.48. The maximum absolute atomic E-state index is 14.1. The zero-order valence-electron chi connectivity index (χ0n) is 11.7. The Morgan fingerprint density at radius 2 is 2.19 bits per heavy atom. The lowest BCUT2D eigenvalue weighted by molar-refractivity contribution is -0.138. The van der Waals surface area contributed by atoms with Gasteiger partial charge in [-0.1, -0.05) is 49.8 Å². The highest BCUT2D eigenvalue weighted by Crippen LogP contribution is 2.44. The lowest BCUT2D eigenvalue weighted by Gasteiger charge is -2.30. The van der Waals surface area contributed by atoms with Gasteiger partial charge in [-0.3, -0.25) is 4.79 Å². The van der Waals surface area contributed by atoms with Crippen molar-refractivity contribution in [2.75, 3.05) is 0 Å². The second-order valence-corrected chi connectivity index (χ2v) is 5.12. The third-order valence-corrected chi connectivity index (χ3v) is 3.71. The Labute approximate surface area is 123 Å². The lowest BCUT2D eigenvalue weighted by Crippen LogP contribution is -2.25. The van der Waals surface area contributed by atoms with E-state index in [0.717, 1.165) is 6.42 Å². The fourth-order valence-electron chi connectivity index (χ4n) is 2.67. The number of rotatable bonds is 4. The van der Waals surface area contributed by atoms with Crippen molar-refractivity contribution in [2.45, 2.75) is 19.8 Å². The molecule has 1 aromatic rings. The van der Waals surface area contributed by atoms with Crippen LogP contribution in [0.2, 0.25) is 0 Å². The standard InChI is InChI=1S/C17H16FNO2/c1-2-8-17(11-19)9-7-12(16(20)21)10-14(17)13-5-3-4-6-15(13)18/h3-7,9-10,12H,2,8H2,1H3,(H,20,21). The quantitative estimate of drug-likeness (QED) is 0.856. The number of nitrogens with zero attached hydrogens (tertiary/aromatic N) is 1. The van der Waals surface area contributed by atoms with Gasteiger partial charge in [0.1, 0.15) is 11.2 Å². The molecule has 0 fully saturated rings. The zero-order chi connectivity index (χ0) is 15.5. The topological polar surface area (TPSA) is 61.1 Å². The Balaban J connectivity index is 2.61. The molecule has 2 atom stereocenters. The van der Waals surface area contributed by atoms with Gasteiger partial charge in [0.15, 0.2) is 0 Å². The van der Waals surface area contributed by atoms with Crippen LogP contribution in [0.5, 0.6) is 0 Å². The number of benzene rings is 1. The van der Waals surface area contributed by atoms with Crippen molar-refractivity contribution in [2.24, 2.45) is 11.3 Å². The first-order valence-electron chi connectivity index (χ1n) is 6.84. The van der Waals surface area contributed by atoms with Crippen LogP contribution in [0.25, 0.3) is 5.57 Å². The van der Waals surface area contributed by atoms with Crippen LogP contribution in [0.15, 0.2) is 42.5 Å². The number of allylic oxidation sites excluding steroid dienone is 2. The van der Waals surface area contributed by atoms with Gasteiger partial charge in [-0.05, 0) is 18.1 Å². The Kier molecular flexibility index (Phi) is 4.23. The highest BCUT2D eigenvalue weighted by molar-refractivity contribution is 5.84. The Bertz CT molecular complexity index is 657. The summed E-state index contributed by atoms with van der Waals surface area (Å²) in [6.45, 7) is 1.94. The summed E-state index contributed by atoms with van der Waals surface area (Å²) in [5, 5.41) is 18.8. The van der Waals surface area contributed by atoms with Gasteiger partial charge in [-0.15, -0.1) is 0 Å². The largest absolute Gasteiger partial charge is 0.481 e. The van der Waals surface area contributed by atoms with Gasteiger partial charge in [0.05, 0.1) is 12.0 Å². The normalized spacial score (nSPS) is 24.2. The molecule has 0 heterocycles. The van der Waals surface area contributed by atoms with E-state index < -0.39 is 23.1 Å². The average molecular weight is 285 g/mol. The molecule has 0 bridgehead atoms. The summed E-state index contributed by atoms with van der Waals surface area (Å²) in [4.78, 5) is 11.2. The molecule has 0 amide bonds. The van der Waals surface area contributed by atoms with Gasteiger partial charge in [0.25, 0.3) is 0 Å². The predicted molar refractivity (Wildman–Crippen MR) is 77.6 cm³/mol. The lowest BCUT2D eigenvalue weighted by atomic mass is 9.70. The van der Waals surface area contributed by atoms with Crippen LogP contribution in [-0.4, -0.2) is 11.1 Å². The number of nitriles is 1. The molecule has 3 nitrogen and oxygen atoms in total. The number of hydrogen-bond acceptors (Lipinski definition) is 2. The summed E-state index contributed by atoms with van der Waals surface area (Å²) in [5.74, 6) is -2.29. The van der Waals surface area contributed by atoms with E-state index in [2.05, 4.69) is 6.07 Å². The Morgan fingerprint density at radius 1 is 1.48 bits per heavy atom. The van der Waals surface area contributed by atoms with Crippen molar-refractivity contribution in [3.05, 3.63) is 53.9 Å². The second-order valence-electron chi connectivity index (χ2n) is 5.12. The summed E-state index contributed by atoms with van der Waals surface area (Å²) in [6.07, 6.45) is 5.86. The highest BCUT2D eigenvalue weighted by atomic mass is 19.1. The fourth-order valence-corrected chi connectivity index (χ4v) is 2.67. The summed E-state index contributed by atoms with van der Waals surface area (Å²) in [7, 11) is 0. The van der Waals surface area contributed by atoms with Crippen LogP contribution in [0.4, 0.5) is 4.39 Å². The first-order chi connectivity index (χ1) is 10.0. The number of carbonyl (C=O) groups is 1. The molecule has 1 N–H and O–H groups in total. The van der Waals surface area contributed by atoms with Gasteiger partial charge < -0.3 is 5.11 Å². The molecule has 0 spiro atoms. The molecule has 2 rings (SSSR count). The zero-order valence-corrected chi connectivity index (χ0v) is 11.7. The maximum Gasteiger partial charge on any atom is 0.314 e. The molecular weight excluding hydrogens is 269 g/mol. The Hall–Kier alpha value is -2.41. The van der Waals surface area contributed by atoms with E-state index >= 15 is 0 Å². The molecule has 1 aliphatic carbocycles. The first kappa shape index (κ1) is 15.0. The molecule has 0 saturated heterocycles. The maximum atomic E-state index is 14.1. The number of hydrogen-bond donors (Lipinski definition) is 1. The highest BCUT2D eigenvalue weighted by Gasteiger charge is 2.37. The molecule has 0 saturated carbocycles. The van der Waals surface area contributed by atoms with Crippen LogP contribution < -0.4 is 0 Å². The SMILES string of the molecule is CCCC1(C#N)C=CC(C(=O)O)C=C1c1ccccc1F. The number of carboxylic acid groups (broad SMARTS) is 1. The van der Waals surface area contributed by atoms with Crippen molar-refractivity contribution < 1.29 is 14.3 Å². The van der Waals surface area contributed by atoms with E-state index in [1.807, 2.05) is 6.92 Å². The smallest absolute Gasteiger partial charge is 0.314 e. The monoisotopic (exact) mass is 285 g/mol. The van der Waals surface area contributed by atoms with E-state index in [0.29, 0.717) is 17.6 Å². The van der Waals surface area contributed by atoms with Crippen molar-refractivity contribution in [3.63, 3.8) is 0 Å². The molecule has 2 unspecified atom stereocenters. The third kappa shape index (κ3) is 2.73. The van der Waals surface area contributed by atoms with E-state index in [4.69, 9.17) is 0 Å². The minimum absolute atomic E-state index is 0.295. The number of aliphatic carboxylic acids is 1. The van der Waals surface area contributed by atoms with Crippen LogP contribution >= 0.6 is 0 Å². The third-order valence-electron chi connectivity index (χ3n) is 3.71. The molecule has 0 aliphatic heterocycles. The van der Waals surface area contributed by atoms with Crippen LogP contribution in [0.3, 0.4) is 0 Å². The van der Waals surface area contributed by atoms with Gasteiger partial charge in [-0.25, -0.2) is 4.39 Å². The molecule has 1 aliphatic rings. The van der Waals surface area contributed by atoms with Crippen molar-refractivity contribution in [1.29, 1.82) is 5.26 Å². The molecule has 21 heavy (non-hydrogen) atoms. The van der Waals surface area contributed by atoms with Gasteiger partial charge in [-0.2, -0.15) is 5.26 Å². The van der Waals surface area contributed by atoms with Gasteiger partial charge in [0, 0.05) is 5.56 Å². The predicted octanol–water partition coefficient (Wildman–Crippen LogP) is 3.79.